The molecule has 0 spiro atoms. The number of halogens is 1. The van der Waals surface area contributed by atoms with E-state index in [1.54, 1.807) is 0 Å². The topological polar surface area (TPSA) is 81.2 Å². The number of benzene rings is 1. The van der Waals surface area contributed by atoms with Crippen LogP contribution in [0.2, 0.25) is 0 Å². The standard InChI is InChI=1S/C21H25IN3O3/c1-20(2,3)15-12-27-25-18(15)19(26)23-14-9-7-13(8-10-14)22-17-11-16(28-24-17)21(4,5)6/h7-12H,1-6H3,(H,23,26)/q-1. The summed E-state index contributed by atoms with van der Waals surface area (Å²) in [6.07, 6.45) is 1.53. The fourth-order valence-corrected chi connectivity index (χ4v) is 4.48. The van der Waals surface area contributed by atoms with Gasteiger partial charge in [0.2, 0.25) is 0 Å². The Kier molecular flexibility index (Phi) is 5.65. The van der Waals surface area contributed by atoms with Gasteiger partial charge >= 0.3 is 176 Å². The number of hydrogen-bond acceptors (Lipinski definition) is 5. The van der Waals surface area contributed by atoms with Crippen molar-refractivity contribution in [1.82, 2.24) is 10.3 Å². The molecule has 28 heavy (non-hydrogen) atoms. The van der Waals surface area contributed by atoms with Gasteiger partial charge in [0.15, 0.2) is 0 Å². The molecule has 0 unspecified atom stereocenters. The number of hydrogen-bond donors (Lipinski definition) is 1. The normalized spacial score (nSPS) is 12.4. The first kappa shape index (κ1) is 20.6. The number of amides is 1. The van der Waals surface area contributed by atoms with Crippen molar-refractivity contribution in [2.24, 2.45) is 0 Å². The van der Waals surface area contributed by atoms with Crippen LogP contribution in [0.15, 0.2) is 45.6 Å². The van der Waals surface area contributed by atoms with Crippen LogP contribution in [-0.4, -0.2) is 16.2 Å². The van der Waals surface area contributed by atoms with Crippen LogP contribution in [-0.2, 0) is 10.8 Å². The van der Waals surface area contributed by atoms with Crippen molar-refractivity contribution in [3.63, 3.8) is 0 Å². The summed E-state index contributed by atoms with van der Waals surface area (Å²) in [5, 5.41) is 11.0. The Morgan fingerprint density at radius 3 is 2.25 bits per heavy atom. The van der Waals surface area contributed by atoms with Crippen LogP contribution >= 0.6 is 0 Å². The Balaban J connectivity index is 1.67. The van der Waals surface area contributed by atoms with E-state index in [1.807, 2.05) is 51.1 Å². The molecule has 1 aromatic carbocycles. The number of rotatable bonds is 4. The van der Waals surface area contributed by atoms with Crippen molar-refractivity contribution in [3.8, 4) is 0 Å². The number of aromatic nitrogens is 2. The Morgan fingerprint density at radius 2 is 1.68 bits per heavy atom. The van der Waals surface area contributed by atoms with Gasteiger partial charge < -0.3 is 0 Å². The summed E-state index contributed by atoms with van der Waals surface area (Å²) in [7, 11) is 0. The molecule has 6 nitrogen and oxygen atoms in total. The maximum absolute atomic E-state index is 12.6. The average molecular weight is 494 g/mol. The van der Waals surface area contributed by atoms with Crippen LogP contribution < -0.4 is 26.5 Å². The van der Waals surface area contributed by atoms with Gasteiger partial charge in [0.05, 0.1) is 0 Å². The molecule has 3 rings (SSSR count). The fraction of sp³-hybridized carbons (Fsp3) is 0.381. The molecule has 0 bridgehead atoms. The van der Waals surface area contributed by atoms with E-state index in [4.69, 9.17) is 9.05 Å². The molecular weight excluding hydrogens is 469 g/mol. The second-order valence-corrected chi connectivity index (χ2v) is 11.5. The summed E-state index contributed by atoms with van der Waals surface area (Å²) in [5.74, 6) is 0.626. The van der Waals surface area contributed by atoms with E-state index < -0.39 is 21.2 Å². The van der Waals surface area contributed by atoms with Gasteiger partial charge in [0.1, 0.15) is 0 Å². The minimum absolute atomic E-state index is 0.0455. The first-order chi connectivity index (χ1) is 13.0. The predicted octanol–water partition coefficient (Wildman–Crippen LogP) is 1.64. The number of anilines is 1. The molecule has 150 valence electrons. The van der Waals surface area contributed by atoms with E-state index in [0.717, 1.165) is 20.7 Å². The molecule has 3 aromatic rings. The average Bonchev–Trinajstić information content (AvgIpc) is 3.25. The van der Waals surface area contributed by atoms with E-state index in [1.165, 1.54) is 9.83 Å². The Morgan fingerprint density at radius 1 is 1.00 bits per heavy atom. The zero-order valence-corrected chi connectivity index (χ0v) is 19.1. The van der Waals surface area contributed by atoms with E-state index in [-0.39, 0.29) is 16.7 Å². The van der Waals surface area contributed by atoms with E-state index in [2.05, 4.69) is 36.4 Å². The Hall–Kier alpha value is -2.16. The molecule has 0 aliphatic carbocycles. The molecule has 2 heterocycles. The Bertz CT molecular complexity index is 960. The van der Waals surface area contributed by atoms with Crippen molar-refractivity contribution in [3.05, 3.63) is 60.9 Å². The third kappa shape index (κ3) is 4.81. The van der Waals surface area contributed by atoms with Crippen LogP contribution in [0.4, 0.5) is 5.69 Å². The number of carbonyl (C=O) groups is 1. The molecular formula is C21H25IN3O3-. The number of carbonyl (C=O) groups excluding carboxylic acids is 1. The summed E-state index contributed by atoms with van der Waals surface area (Å²) in [6.45, 7) is 12.4. The molecule has 2 aromatic heterocycles. The molecule has 0 fully saturated rings. The van der Waals surface area contributed by atoms with Gasteiger partial charge in [-0.15, -0.1) is 0 Å². The molecule has 1 amide bonds. The van der Waals surface area contributed by atoms with Crippen molar-refractivity contribution >= 4 is 11.6 Å². The maximum atomic E-state index is 12.6. The summed E-state index contributed by atoms with van der Waals surface area (Å²) in [5.41, 5.74) is 1.56. The van der Waals surface area contributed by atoms with Crippen molar-refractivity contribution in [2.45, 2.75) is 52.4 Å². The monoisotopic (exact) mass is 494 g/mol. The molecule has 1 N–H and O–H groups in total. The Labute approximate surface area is 175 Å². The van der Waals surface area contributed by atoms with Gasteiger partial charge in [-0.05, 0) is 0 Å². The quantitative estimate of drug-likeness (QED) is 0.558. The predicted molar refractivity (Wildman–Crippen MR) is 102 cm³/mol. The van der Waals surface area contributed by atoms with Crippen LogP contribution in [0.3, 0.4) is 0 Å². The third-order valence-electron chi connectivity index (χ3n) is 4.12. The third-order valence-corrected chi connectivity index (χ3v) is 6.52. The van der Waals surface area contributed by atoms with E-state index in [0.29, 0.717) is 5.69 Å². The van der Waals surface area contributed by atoms with Crippen LogP contribution in [0.5, 0.6) is 0 Å². The van der Waals surface area contributed by atoms with E-state index in [9.17, 15) is 4.79 Å². The van der Waals surface area contributed by atoms with Gasteiger partial charge in [0, 0.05) is 0 Å². The number of nitrogens with one attached hydrogen (secondary N) is 1. The molecule has 0 radical (unpaired) electrons. The summed E-state index contributed by atoms with van der Waals surface area (Å²) in [4.78, 5) is 12.6. The van der Waals surface area contributed by atoms with Crippen molar-refractivity contribution < 1.29 is 35.0 Å². The van der Waals surface area contributed by atoms with Crippen LogP contribution in [0.1, 0.15) is 63.4 Å². The zero-order valence-electron chi connectivity index (χ0n) is 17.0. The first-order valence-electron chi connectivity index (χ1n) is 9.02. The molecule has 0 saturated carbocycles. The minimum atomic E-state index is -0.435. The summed E-state index contributed by atoms with van der Waals surface area (Å²) in [6, 6.07) is 9.87. The summed E-state index contributed by atoms with van der Waals surface area (Å²) < 4.78 is 12.7. The van der Waals surface area contributed by atoms with Gasteiger partial charge in [-0.2, -0.15) is 0 Å². The molecule has 0 aliphatic rings. The molecule has 0 saturated heterocycles. The van der Waals surface area contributed by atoms with Crippen LogP contribution in [0, 0.1) is 7.27 Å². The van der Waals surface area contributed by atoms with Gasteiger partial charge in [-0.1, -0.05) is 0 Å². The van der Waals surface area contributed by atoms with E-state index >= 15 is 0 Å². The molecule has 0 atom stereocenters. The van der Waals surface area contributed by atoms with Crippen LogP contribution in [0.25, 0.3) is 0 Å². The van der Waals surface area contributed by atoms with Gasteiger partial charge in [0.25, 0.3) is 0 Å². The van der Waals surface area contributed by atoms with Crippen molar-refractivity contribution in [1.29, 1.82) is 0 Å². The van der Waals surface area contributed by atoms with Gasteiger partial charge in [-0.25, -0.2) is 0 Å². The SMILES string of the molecule is CC(C)(C)c1cc([I-]c2ccc(NC(=O)c3nocc3C(C)(C)C)cc2)no1. The summed E-state index contributed by atoms with van der Waals surface area (Å²) >= 11 is -0.435. The number of nitrogens with zero attached hydrogens (tertiary/aromatic N) is 2. The molecule has 0 aliphatic heterocycles. The fourth-order valence-electron chi connectivity index (χ4n) is 2.48. The van der Waals surface area contributed by atoms with Gasteiger partial charge in [-0.3, -0.25) is 0 Å². The van der Waals surface area contributed by atoms with Crippen molar-refractivity contribution in [2.75, 3.05) is 5.32 Å². The zero-order chi connectivity index (χ0) is 20.5. The molecule has 7 heteroatoms. The second-order valence-electron chi connectivity index (χ2n) is 8.65. The second kappa shape index (κ2) is 7.69. The first-order valence-corrected chi connectivity index (χ1v) is 11.2.